The molecule has 0 aliphatic heterocycles. The molecule has 0 heterocycles. The maximum Gasteiger partial charge on any atom is 0.295 e. The summed E-state index contributed by atoms with van der Waals surface area (Å²) in [5.74, 6) is 0. The van der Waals surface area contributed by atoms with Crippen molar-refractivity contribution in [3.05, 3.63) is 30.3 Å². The first-order chi connectivity index (χ1) is 9.82. The van der Waals surface area contributed by atoms with Gasteiger partial charge in [0.15, 0.2) is 0 Å². The maximum absolute atomic E-state index is 11.2. The minimum absolute atomic E-state index is 0.429. The van der Waals surface area contributed by atoms with Crippen LogP contribution < -0.4 is 0 Å². The van der Waals surface area contributed by atoms with Crippen LogP contribution in [0, 0.1) is 12.1 Å². The zero-order chi connectivity index (χ0) is 16.9. The van der Waals surface area contributed by atoms with Crippen LogP contribution in [0.25, 0.3) is 10.8 Å². The first-order valence-electron chi connectivity index (χ1n) is 5.15. The third-order valence-corrected chi connectivity index (χ3v) is 5.08. The topological polar surface area (TPSA) is 163 Å². The van der Waals surface area contributed by atoms with Crippen LogP contribution in [-0.4, -0.2) is 38.9 Å². The van der Waals surface area contributed by atoms with E-state index in [1.165, 1.54) is 0 Å². The zero-order valence-corrected chi connectivity index (χ0v) is 12.7. The Balaban J connectivity index is 3.08. The minimum Gasteiger partial charge on any atom is -0.282 e. The van der Waals surface area contributed by atoms with E-state index in [1.54, 1.807) is 0 Å². The molecule has 12 heteroatoms. The van der Waals surface area contributed by atoms with Crippen molar-refractivity contribution in [2.24, 2.45) is 0 Å². The van der Waals surface area contributed by atoms with E-state index < -0.39 is 55.8 Å². The Hall–Kier alpha value is -1.57. The molecule has 0 bridgehead atoms. The van der Waals surface area contributed by atoms with E-state index in [0.717, 1.165) is 12.1 Å². The van der Waals surface area contributed by atoms with Crippen LogP contribution in [0.1, 0.15) is 0 Å². The summed E-state index contributed by atoms with van der Waals surface area (Å²) in [5.41, 5.74) is 0. The van der Waals surface area contributed by atoms with Gasteiger partial charge in [0, 0.05) is 22.9 Å². The highest BCUT2D eigenvalue weighted by Crippen LogP contribution is 2.30. The van der Waals surface area contributed by atoms with E-state index in [2.05, 4.69) is 0 Å². The third kappa shape index (κ3) is 3.11. The van der Waals surface area contributed by atoms with Crippen molar-refractivity contribution < 1.29 is 38.9 Å². The monoisotopic (exact) mass is 366 g/mol. The largest absolute Gasteiger partial charge is 0.295 e. The quantitative estimate of drug-likeness (QED) is 0.643. The van der Waals surface area contributed by atoms with Gasteiger partial charge in [0.1, 0.15) is 14.7 Å². The highest BCUT2D eigenvalue weighted by molar-refractivity contribution is 7.86. The molecule has 0 amide bonds. The molecule has 118 valence electrons. The number of hydrogen-bond donors (Lipinski definition) is 3. The van der Waals surface area contributed by atoms with E-state index in [1.807, 2.05) is 12.1 Å². The summed E-state index contributed by atoms with van der Waals surface area (Å²) in [6.45, 7) is 0. The molecule has 2 radical (unpaired) electrons. The summed E-state index contributed by atoms with van der Waals surface area (Å²) in [7, 11) is -14.4. The van der Waals surface area contributed by atoms with Gasteiger partial charge in [-0.2, -0.15) is 25.3 Å². The van der Waals surface area contributed by atoms with Gasteiger partial charge in [0.25, 0.3) is 30.4 Å². The molecule has 0 atom stereocenters. The lowest BCUT2D eigenvalue weighted by Crippen LogP contribution is -2.06. The molecule has 0 aliphatic carbocycles. The van der Waals surface area contributed by atoms with Gasteiger partial charge in [-0.15, -0.1) is 0 Å². The van der Waals surface area contributed by atoms with Gasteiger partial charge in [-0.05, 0) is 12.1 Å². The Labute approximate surface area is 125 Å². The minimum atomic E-state index is -4.89. The Morgan fingerprint density at radius 1 is 0.818 bits per heavy atom. The summed E-state index contributed by atoms with van der Waals surface area (Å²) in [4.78, 5) is -2.58. The molecule has 0 saturated carbocycles. The molecule has 0 aromatic heterocycles. The van der Waals surface area contributed by atoms with Gasteiger partial charge in [0.2, 0.25) is 0 Å². The summed E-state index contributed by atoms with van der Waals surface area (Å²) < 4.78 is 94.1. The van der Waals surface area contributed by atoms with E-state index >= 15 is 0 Å². The molecule has 0 unspecified atom stereocenters. The smallest absolute Gasteiger partial charge is 0.282 e. The summed E-state index contributed by atoms with van der Waals surface area (Å²) in [5, 5.41) is -1.10. The predicted molar refractivity (Wildman–Crippen MR) is 71.1 cm³/mol. The number of fused-ring (bicyclic) bond motifs is 1. The number of benzene rings is 2. The SMILES string of the molecule is O=S(=O)(O)c1[c]c2c(S(=O)(=O)O)[c]cc(S(=O)(=O)O)c2cc1. The highest BCUT2D eigenvalue weighted by atomic mass is 32.2. The van der Waals surface area contributed by atoms with Gasteiger partial charge in [0.05, 0.1) is 0 Å². The maximum atomic E-state index is 11.2. The van der Waals surface area contributed by atoms with Crippen LogP contribution in [0.3, 0.4) is 0 Å². The molecule has 22 heavy (non-hydrogen) atoms. The summed E-state index contributed by atoms with van der Waals surface area (Å²) in [6.07, 6.45) is 0. The van der Waals surface area contributed by atoms with Crippen molar-refractivity contribution in [2.75, 3.05) is 0 Å². The van der Waals surface area contributed by atoms with Crippen LogP contribution in [0.4, 0.5) is 0 Å². The van der Waals surface area contributed by atoms with Gasteiger partial charge < -0.3 is 0 Å². The Kier molecular flexibility index (Phi) is 3.80. The second-order valence-electron chi connectivity index (χ2n) is 4.02. The zero-order valence-electron chi connectivity index (χ0n) is 10.2. The molecule has 0 aliphatic rings. The standard InChI is InChI=1S/C10H6O9S3/c11-20(12,13)6-1-2-7-8(5-6)10(22(17,18)19)4-3-9(7)21(14,15)16/h1-3H,(H,11,12,13)(H,14,15,16)(H,17,18,19). The molecular weight excluding hydrogens is 360 g/mol. The van der Waals surface area contributed by atoms with Gasteiger partial charge >= 0.3 is 0 Å². The lowest BCUT2D eigenvalue weighted by atomic mass is 10.1. The molecule has 0 fully saturated rings. The van der Waals surface area contributed by atoms with Gasteiger partial charge in [-0.3, -0.25) is 13.7 Å². The van der Waals surface area contributed by atoms with Crippen molar-refractivity contribution in [3.8, 4) is 0 Å². The van der Waals surface area contributed by atoms with Crippen molar-refractivity contribution in [3.63, 3.8) is 0 Å². The molecule has 9 nitrogen and oxygen atoms in total. The second-order valence-corrected chi connectivity index (χ2v) is 8.16. The highest BCUT2D eigenvalue weighted by Gasteiger charge is 2.23. The molecule has 2 aromatic carbocycles. The van der Waals surface area contributed by atoms with Crippen molar-refractivity contribution in [1.29, 1.82) is 0 Å². The first-order valence-corrected chi connectivity index (χ1v) is 9.47. The lowest BCUT2D eigenvalue weighted by Gasteiger charge is -2.08. The van der Waals surface area contributed by atoms with Crippen LogP contribution >= 0.6 is 0 Å². The first kappa shape index (κ1) is 16.8. The Morgan fingerprint density at radius 2 is 1.41 bits per heavy atom. The summed E-state index contributed by atoms with van der Waals surface area (Å²) in [6, 6.07) is 6.07. The molecule has 3 N–H and O–H groups in total. The predicted octanol–water partition coefficient (Wildman–Crippen LogP) is 0.180. The van der Waals surface area contributed by atoms with Crippen molar-refractivity contribution >= 4 is 41.1 Å². The van der Waals surface area contributed by atoms with E-state index in [-0.39, 0.29) is 0 Å². The average molecular weight is 366 g/mol. The fourth-order valence-electron chi connectivity index (χ4n) is 1.71. The Morgan fingerprint density at radius 3 is 1.86 bits per heavy atom. The van der Waals surface area contributed by atoms with Crippen molar-refractivity contribution in [2.45, 2.75) is 14.7 Å². The number of hydrogen-bond acceptors (Lipinski definition) is 6. The van der Waals surface area contributed by atoms with Crippen LogP contribution in [-0.2, 0) is 30.4 Å². The normalized spacial score (nSPS) is 13.4. The van der Waals surface area contributed by atoms with Crippen LogP contribution in [0.15, 0.2) is 32.9 Å². The fourth-order valence-corrected chi connectivity index (χ4v) is 3.46. The van der Waals surface area contributed by atoms with E-state index in [4.69, 9.17) is 13.7 Å². The molecule has 0 saturated heterocycles. The average Bonchev–Trinajstić information content (AvgIpc) is 2.33. The second kappa shape index (κ2) is 4.97. The number of rotatable bonds is 3. The molecule has 2 aromatic rings. The van der Waals surface area contributed by atoms with Gasteiger partial charge in [-0.25, -0.2) is 0 Å². The van der Waals surface area contributed by atoms with Gasteiger partial charge in [-0.1, -0.05) is 6.07 Å². The van der Waals surface area contributed by atoms with Crippen molar-refractivity contribution in [1.82, 2.24) is 0 Å². The third-order valence-electron chi connectivity index (χ3n) is 2.56. The van der Waals surface area contributed by atoms with E-state index in [0.29, 0.717) is 6.07 Å². The summed E-state index contributed by atoms with van der Waals surface area (Å²) >= 11 is 0. The molecule has 0 spiro atoms. The van der Waals surface area contributed by atoms with Crippen LogP contribution in [0.5, 0.6) is 0 Å². The lowest BCUT2D eigenvalue weighted by molar-refractivity contribution is 0.479. The Bertz CT molecular complexity index is 1080. The van der Waals surface area contributed by atoms with E-state index in [9.17, 15) is 25.3 Å². The molecular formula is C10H6O9S3. The van der Waals surface area contributed by atoms with Crippen LogP contribution in [0.2, 0.25) is 0 Å². The molecule has 2 rings (SSSR count). The fraction of sp³-hybridized carbons (Fsp3) is 0.